The molecule has 1 fully saturated rings. The van der Waals surface area contributed by atoms with Gasteiger partial charge in [-0.2, -0.15) is 0 Å². The van der Waals surface area contributed by atoms with Crippen LogP contribution in [0.1, 0.15) is 119 Å². The molecular formula is C37H60FN3O3. The second kappa shape index (κ2) is 28.4. The number of nitrogens with zero attached hydrogens (tertiary/aromatic N) is 2. The summed E-state index contributed by atoms with van der Waals surface area (Å²) in [6.07, 6.45) is 15.6. The zero-order valence-corrected chi connectivity index (χ0v) is 29.0. The summed E-state index contributed by atoms with van der Waals surface area (Å²) in [4.78, 5) is 29.0. The number of ether oxygens (including phenoxy) is 1. The summed E-state index contributed by atoms with van der Waals surface area (Å²) >= 11 is 0. The van der Waals surface area contributed by atoms with Gasteiger partial charge in [-0.25, -0.2) is 9.38 Å². The van der Waals surface area contributed by atoms with Gasteiger partial charge < -0.3 is 14.8 Å². The Kier molecular flexibility index (Phi) is 27.6. The normalized spacial score (nSPS) is 14.2. The molecule has 0 radical (unpaired) electrons. The summed E-state index contributed by atoms with van der Waals surface area (Å²) in [5.74, 6) is 1.17. The van der Waals surface area contributed by atoms with Gasteiger partial charge in [-0.05, 0) is 89.6 Å². The molecule has 0 heterocycles. The second-order valence-electron chi connectivity index (χ2n) is 10.3. The first-order valence-corrected chi connectivity index (χ1v) is 16.3. The molecule has 0 aliphatic heterocycles. The van der Waals surface area contributed by atoms with E-state index in [2.05, 4.69) is 42.4 Å². The highest BCUT2D eigenvalue weighted by Gasteiger charge is 2.15. The molecule has 2 rings (SSSR count). The highest BCUT2D eigenvalue weighted by molar-refractivity contribution is 6.13. The number of nitrogens with one attached hydrogen (secondary N) is 1. The number of carbonyl (C=O) groups excluding carboxylic acids is 2. The Morgan fingerprint density at radius 1 is 1.02 bits per heavy atom. The largest absolute Gasteiger partial charge is 0.468 e. The quantitative estimate of drug-likeness (QED) is 0.167. The van der Waals surface area contributed by atoms with Gasteiger partial charge in [-0.3, -0.25) is 9.79 Å². The Labute approximate surface area is 268 Å². The number of aliphatic imine (C=N–C) groups is 2. The van der Waals surface area contributed by atoms with Crippen LogP contribution in [0.25, 0.3) is 5.70 Å². The molecule has 0 atom stereocenters. The molecule has 1 saturated carbocycles. The third-order valence-corrected chi connectivity index (χ3v) is 6.96. The monoisotopic (exact) mass is 613 g/mol. The van der Waals surface area contributed by atoms with E-state index in [9.17, 15) is 14.0 Å². The topological polar surface area (TPSA) is 80.1 Å². The number of aldehydes is 1. The fourth-order valence-corrected chi connectivity index (χ4v) is 4.56. The molecule has 0 saturated heterocycles. The van der Waals surface area contributed by atoms with E-state index in [0.29, 0.717) is 30.7 Å². The van der Waals surface area contributed by atoms with Crippen molar-refractivity contribution in [1.29, 1.82) is 0 Å². The Bertz CT molecular complexity index is 1030. The molecule has 7 heteroatoms. The minimum atomic E-state index is -0.257. The minimum absolute atomic E-state index is 0.257. The van der Waals surface area contributed by atoms with Crippen molar-refractivity contribution in [2.45, 2.75) is 113 Å². The maximum Gasteiger partial charge on any atom is 0.293 e. The first kappa shape index (κ1) is 42.8. The Hall–Kier alpha value is -3.35. The molecule has 0 spiro atoms. The van der Waals surface area contributed by atoms with E-state index in [1.54, 1.807) is 26.1 Å². The number of carbonyl (C=O) groups is 2. The molecule has 1 aromatic rings. The molecular weight excluding hydrogens is 553 g/mol. The van der Waals surface area contributed by atoms with Crippen LogP contribution in [0, 0.1) is 17.7 Å². The van der Waals surface area contributed by atoms with Crippen molar-refractivity contribution >= 4 is 29.9 Å². The molecule has 1 aromatic carbocycles. The van der Waals surface area contributed by atoms with E-state index in [1.165, 1.54) is 31.4 Å². The molecule has 0 aromatic heterocycles. The maximum atomic E-state index is 13.5. The average Bonchev–Trinajstić information content (AvgIpc) is 3.05. The standard InChI is InChI=1S/C25H36FN3.C7H12O.C3H6O2.C2H6/c1-8-11-21(12-9-2)19(5)28-25(22-14-16-23(26)17-15-22)18(4)24(13-10-3)29-20(6)27-7;8-6-7-4-2-1-3-5-7;1-2-5-3-4;1-2/h10,13-17,21,27H,6,8-9,11-12H2,1-5,7H3;6-7H,1-5H2;3H,2H2,1H3;1-2H3/b13-10-,25-18+,28-19?,29-24+;;;. The summed E-state index contributed by atoms with van der Waals surface area (Å²) in [6.45, 7) is 21.1. The third-order valence-electron chi connectivity index (χ3n) is 6.96. The number of allylic oxidation sites excluding steroid dienone is 3. The van der Waals surface area contributed by atoms with E-state index in [-0.39, 0.29) is 5.82 Å². The van der Waals surface area contributed by atoms with Gasteiger partial charge in [-0.1, -0.05) is 72.5 Å². The van der Waals surface area contributed by atoms with Gasteiger partial charge in [0.15, 0.2) is 0 Å². The van der Waals surface area contributed by atoms with Crippen LogP contribution in [0.4, 0.5) is 4.39 Å². The zero-order chi connectivity index (χ0) is 33.8. The third kappa shape index (κ3) is 19.0. The molecule has 44 heavy (non-hydrogen) atoms. The number of hydrogen-bond acceptors (Lipinski definition) is 6. The van der Waals surface area contributed by atoms with E-state index in [4.69, 9.17) is 4.99 Å². The van der Waals surface area contributed by atoms with Crippen molar-refractivity contribution in [2.24, 2.45) is 21.8 Å². The van der Waals surface area contributed by atoms with Gasteiger partial charge in [-0.15, -0.1) is 0 Å². The Morgan fingerprint density at radius 3 is 1.98 bits per heavy atom. The summed E-state index contributed by atoms with van der Waals surface area (Å²) in [7, 11) is 1.79. The maximum absolute atomic E-state index is 13.5. The van der Waals surface area contributed by atoms with Gasteiger partial charge in [0.25, 0.3) is 6.47 Å². The predicted molar refractivity (Wildman–Crippen MR) is 188 cm³/mol. The van der Waals surface area contributed by atoms with Crippen molar-refractivity contribution in [3.63, 3.8) is 0 Å². The van der Waals surface area contributed by atoms with Gasteiger partial charge in [0.2, 0.25) is 0 Å². The van der Waals surface area contributed by atoms with Gasteiger partial charge in [0.1, 0.15) is 17.9 Å². The van der Waals surface area contributed by atoms with Crippen LogP contribution in [0.2, 0.25) is 0 Å². The van der Waals surface area contributed by atoms with Gasteiger partial charge in [0, 0.05) is 29.8 Å². The van der Waals surface area contributed by atoms with Crippen LogP contribution in [-0.4, -0.2) is 37.8 Å². The van der Waals surface area contributed by atoms with E-state index < -0.39 is 0 Å². The van der Waals surface area contributed by atoms with Crippen molar-refractivity contribution in [3.05, 3.63) is 65.8 Å². The van der Waals surface area contributed by atoms with Crippen LogP contribution in [0.3, 0.4) is 0 Å². The van der Waals surface area contributed by atoms with E-state index in [1.807, 2.05) is 39.8 Å². The first-order valence-electron chi connectivity index (χ1n) is 16.3. The first-order chi connectivity index (χ1) is 21.2. The molecule has 1 aliphatic carbocycles. The summed E-state index contributed by atoms with van der Waals surface area (Å²) in [5.41, 5.74) is 4.52. The number of hydrogen-bond donors (Lipinski definition) is 1. The van der Waals surface area contributed by atoms with Crippen molar-refractivity contribution in [2.75, 3.05) is 13.7 Å². The molecule has 1 aliphatic rings. The van der Waals surface area contributed by atoms with E-state index in [0.717, 1.165) is 73.1 Å². The number of halogens is 1. The molecule has 0 unspecified atom stereocenters. The van der Waals surface area contributed by atoms with Crippen molar-refractivity contribution in [1.82, 2.24) is 5.32 Å². The number of benzene rings is 1. The summed E-state index contributed by atoms with van der Waals surface area (Å²) in [5, 5.41) is 2.96. The lowest BCUT2D eigenvalue weighted by Crippen LogP contribution is -2.12. The fraction of sp³-hybridized carbons (Fsp3) is 0.568. The molecule has 248 valence electrons. The Balaban J connectivity index is 0. The van der Waals surface area contributed by atoms with Crippen LogP contribution >= 0.6 is 0 Å². The zero-order valence-electron chi connectivity index (χ0n) is 29.0. The lowest BCUT2D eigenvalue weighted by atomic mass is 9.91. The van der Waals surface area contributed by atoms with Crippen LogP contribution in [-0.2, 0) is 14.3 Å². The molecule has 6 nitrogen and oxygen atoms in total. The highest BCUT2D eigenvalue weighted by Crippen LogP contribution is 2.26. The fourth-order valence-electron chi connectivity index (χ4n) is 4.56. The van der Waals surface area contributed by atoms with Crippen molar-refractivity contribution < 1.29 is 18.7 Å². The average molecular weight is 614 g/mol. The van der Waals surface area contributed by atoms with Crippen LogP contribution in [0.15, 0.2) is 64.4 Å². The summed E-state index contributed by atoms with van der Waals surface area (Å²) < 4.78 is 17.7. The lowest BCUT2D eigenvalue weighted by Gasteiger charge is -2.17. The van der Waals surface area contributed by atoms with Crippen molar-refractivity contribution in [3.8, 4) is 0 Å². The van der Waals surface area contributed by atoms with Gasteiger partial charge in [0.05, 0.1) is 18.0 Å². The highest BCUT2D eigenvalue weighted by atomic mass is 19.1. The number of rotatable bonds is 14. The van der Waals surface area contributed by atoms with E-state index >= 15 is 0 Å². The molecule has 0 bridgehead atoms. The second-order valence-corrected chi connectivity index (χ2v) is 10.3. The molecule has 0 amide bonds. The lowest BCUT2D eigenvalue weighted by molar-refractivity contribution is -0.128. The van der Waals surface area contributed by atoms with Crippen LogP contribution < -0.4 is 5.32 Å². The van der Waals surface area contributed by atoms with Gasteiger partial charge >= 0.3 is 0 Å². The summed E-state index contributed by atoms with van der Waals surface area (Å²) in [6, 6.07) is 6.50. The Morgan fingerprint density at radius 2 is 1.59 bits per heavy atom. The molecule has 1 N–H and O–H groups in total. The predicted octanol–water partition coefficient (Wildman–Crippen LogP) is 9.91. The SMILES string of the molecule is C=C(/N=C(\C=C/C)C(/C)=C(/N=C(C)C(CCC)CCC)c1ccc(F)cc1)NC.CC.CCOC=O.O=CC1CCCCC1. The smallest absolute Gasteiger partial charge is 0.293 e. The van der Waals surface area contributed by atoms with Crippen LogP contribution in [0.5, 0.6) is 0 Å². The minimum Gasteiger partial charge on any atom is -0.468 e.